The van der Waals surface area contributed by atoms with Crippen molar-refractivity contribution in [3.8, 4) is 11.5 Å². The molecule has 1 saturated heterocycles. The van der Waals surface area contributed by atoms with Gasteiger partial charge in [-0.2, -0.15) is 0 Å². The molecule has 36 heavy (non-hydrogen) atoms. The summed E-state index contributed by atoms with van der Waals surface area (Å²) in [6, 6.07) is 12.1. The van der Waals surface area contributed by atoms with Crippen molar-refractivity contribution in [2.45, 2.75) is 32.3 Å². The molecule has 4 amide bonds. The average molecular weight is 498 g/mol. The van der Waals surface area contributed by atoms with Gasteiger partial charge in [0.2, 0.25) is 6.10 Å². The van der Waals surface area contributed by atoms with Gasteiger partial charge < -0.3 is 24.4 Å². The van der Waals surface area contributed by atoms with E-state index in [2.05, 4.69) is 10.6 Å². The number of urea groups is 1. The standard InChI is InChI=1S/C26H31N3O7/c1-3-34-21-16-19(12-13-20(21)35-17-22(30)29-14-8-5-9-15-29)25(32)36-23(18-10-6-4-7-11-18)24(31)28-26(33)27-2/h4,6-7,10-13,16,23H,3,5,8-9,14-15,17H2,1-2H3,(H2,27,28,31,33). The van der Waals surface area contributed by atoms with Crippen LogP contribution in [0.15, 0.2) is 48.5 Å². The second kappa shape index (κ2) is 13.1. The summed E-state index contributed by atoms with van der Waals surface area (Å²) < 4.78 is 16.8. The number of ether oxygens (including phenoxy) is 3. The Labute approximate surface area is 209 Å². The fraction of sp³-hybridized carbons (Fsp3) is 0.385. The van der Waals surface area contributed by atoms with E-state index in [-0.39, 0.29) is 23.8 Å². The van der Waals surface area contributed by atoms with Crippen LogP contribution in [0.1, 0.15) is 48.2 Å². The quantitative estimate of drug-likeness (QED) is 0.511. The van der Waals surface area contributed by atoms with E-state index < -0.39 is 24.0 Å². The van der Waals surface area contributed by atoms with E-state index in [1.54, 1.807) is 42.2 Å². The van der Waals surface area contributed by atoms with Gasteiger partial charge in [-0.15, -0.1) is 0 Å². The van der Waals surface area contributed by atoms with Crippen molar-refractivity contribution in [1.82, 2.24) is 15.5 Å². The van der Waals surface area contributed by atoms with Crippen molar-refractivity contribution in [2.24, 2.45) is 0 Å². The molecule has 1 atom stereocenters. The molecular weight excluding hydrogens is 466 g/mol. The molecule has 10 heteroatoms. The number of carbonyl (C=O) groups excluding carboxylic acids is 4. The van der Waals surface area contributed by atoms with Crippen LogP contribution < -0.4 is 20.1 Å². The number of esters is 1. The van der Waals surface area contributed by atoms with Crippen LogP contribution in [0.3, 0.4) is 0 Å². The van der Waals surface area contributed by atoms with E-state index in [0.717, 1.165) is 32.4 Å². The van der Waals surface area contributed by atoms with Crippen LogP contribution in [0.2, 0.25) is 0 Å². The van der Waals surface area contributed by atoms with Gasteiger partial charge in [0.25, 0.3) is 11.8 Å². The lowest BCUT2D eigenvalue weighted by atomic mass is 10.1. The molecule has 0 aromatic heterocycles. The molecule has 192 valence electrons. The van der Waals surface area contributed by atoms with Gasteiger partial charge in [-0.05, 0) is 44.4 Å². The Morgan fingerprint density at radius 1 is 0.944 bits per heavy atom. The molecule has 2 aromatic carbocycles. The lowest BCUT2D eigenvalue weighted by Gasteiger charge is -2.26. The van der Waals surface area contributed by atoms with Gasteiger partial charge in [0.05, 0.1) is 12.2 Å². The molecule has 1 aliphatic heterocycles. The molecule has 0 spiro atoms. The highest BCUT2D eigenvalue weighted by molar-refractivity contribution is 5.99. The Morgan fingerprint density at radius 2 is 1.67 bits per heavy atom. The minimum atomic E-state index is -1.36. The number of nitrogens with zero attached hydrogens (tertiary/aromatic N) is 1. The minimum Gasteiger partial charge on any atom is -0.490 e. The maximum absolute atomic E-state index is 13.0. The van der Waals surface area contributed by atoms with Gasteiger partial charge in [0.15, 0.2) is 18.1 Å². The van der Waals surface area contributed by atoms with Crippen molar-refractivity contribution in [2.75, 3.05) is 33.4 Å². The zero-order valence-electron chi connectivity index (χ0n) is 20.5. The molecule has 1 unspecified atom stereocenters. The van der Waals surface area contributed by atoms with Crippen LogP contribution in [0, 0.1) is 0 Å². The third-order valence-corrected chi connectivity index (χ3v) is 5.57. The maximum Gasteiger partial charge on any atom is 0.339 e. The monoisotopic (exact) mass is 497 g/mol. The summed E-state index contributed by atoms with van der Waals surface area (Å²) in [7, 11) is 1.37. The van der Waals surface area contributed by atoms with Crippen LogP contribution >= 0.6 is 0 Å². The van der Waals surface area contributed by atoms with Crippen LogP contribution in [-0.2, 0) is 14.3 Å². The largest absolute Gasteiger partial charge is 0.490 e. The molecule has 0 saturated carbocycles. The number of imide groups is 1. The third-order valence-electron chi connectivity index (χ3n) is 5.57. The lowest BCUT2D eigenvalue weighted by Crippen LogP contribution is -2.41. The zero-order chi connectivity index (χ0) is 25.9. The Kier molecular flexibility index (Phi) is 9.67. The van der Waals surface area contributed by atoms with Gasteiger partial charge in [-0.3, -0.25) is 14.9 Å². The van der Waals surface area contributed by atoms with Crippen molar-refractivity contribution in [3.63, 3.8) is 0 Å². The molecule has 0 aliphatic carbocycles. The summed E-state index contributed by atoms with van der Waals surface area (Å²) in [5.41, 5.74) is 0.510. The molecule has 3 rings (SSSR count). The van der Waals surface area contributed by atoms with Gasteiger partial charge >= 0.3 is 12.0 Å². The molecule has 10 nitrogen and oxygen atoms in total. The highest BCUT2D eigenvalue weighted by Crippen LogP contribution is 2.30. The number of hydrogen-bond acceptors (Lipinski definition) is 7. The first-order valence-corrected chi connectivity index (χ1v) is 11.9. The number of carbonyl (C=O) groups is 4. The van der Waals surface area contributed by atoms with Crippen molar-refractivity contribution in [3.05, 3.63) is 59.7 Å². The highest BCUT2D eigenvalue weighted by Gasteiger charge is 2.27. The van der Waals surface area contributed by atoms with Crippen molar-refractivity contribution in [1.29, 1.82) is 0 Å². The van der Waals surface area contributed by atoms with Gasteiger partial charge in [0, 0.05) is 25.7 Å². The minimum absolute atomic E-state index is 0.103. The van der Waals surface area contributed by atoms with Crippen LogP contribution in [0.4, 0.5) is 4.79 Å². The lowest BCUT2D eigenvalue weighted by molar-refractivity contribution is -0.134. The normalized spacial score (nSPS) is 13.8. The second-order valence-corrected chi connectivity index (χ2v) is 8.09. The van der Waals surface area contributed by atoms with Gasteiger partial charge in [-0.1, -0.05) is 30.3 Å². The number of nitrogens with one attached hydrogen (secondary N) is 2. The predicted octanol–water partition coefficient (Wildman–Crippen LogP) is 2.83. The molecular formula is C26H31N3O7. The van der Waals surface area contributed by atoms with Crippen LogP contribution in [0.25, 0.3) is 0 Å². The highest BCUT2D eigenvalue weighted by atomic mass is 16.5. The SMILES string of the molecule is CCOc1cc(C(=O)OC(C(=O)NC(=O)NC)c2ccccc2)ccc1OCC(=O)N1CCCCC1. The Morgan fingerprint density at radius 3 is 2.33 bits per heavy atom. The van der Waals surface area contributed by atoms with E-state index in [0.29, 0.717) is 17.9 Å². The smallest absolute Gasteiger partial charge is 0.339 e. The molecule has 2 aromatic rings. The van der Waals surface area contributed by atoms with E-state index in [4.69, 9.17) is 14.2 Å². The molecule has 1 fully saturated rings. The summed E-state index contributed by atoms with van der Waals surface area (Å²) in [6.45, 7) is 3.39. The first kappa shape index (κ1) is 26.5. The maximum atomic E-state index is 13.0. The summed E-state index contributed by atoms with van der Waals surface area (Å²) >= 11 is 0. The van der Waals surface area contributed by atoms with Crippen molar-refractivity contribution < 1.29 is 33.4 Å². The molecule has 0 bridgehead atoms. The first-order valence-electron chi connectivity index (χ1n) is 11.9. The predicted molar refractivity (Wildman–Crippen MR) is 131 cm³/mol. The summed E-state index contributed by atoms with van der Waals surface area (Å²) in [5, 5.41) is 4.42. The summed E-state index contributed by atoms with van der Waals surface area (Å²) in [5.74, 6) is -1.11. The number of rotatable bonds is 9. The van der Waals surface area contributed by atoms with Gasteiger partial charge in [-0.25, -0.2) is 9.59 Å². The van der Waals surface area contributed by atoms with E-state index in [1.807, 2.05) is 0 Å². The molecule has 2 N–H and O–H groups in total. The number of benzene rings is 2. The number of amides is 4. The number of likely N-dealkylation sites (tertiary alicyclic amines) is 1. The second-order valence-electron chi connectivity index (χ2n) is 8.09. The van der Waals surface area contributed by atoms with E-state index in [1.165, 1.54) is 25.2 Å². The third kappa shape index (κ3) is 7.21. The van der Waals surface area contributed by atoms with E-state index >= 15 is 0 Å². The Bertz CT molecular complexity index is 1070. The fourth-order valence-electron chi connectivity index (χ4n) is 3.71. The summed E-state index contributed by atoms with van der Waals surface area (Å²) in [6.07, 6.45) is 1.73. The molecule has 0 radical (unpaired) electrons. The van der Waals surface area contributed by atoms with Crippen LogP contribution in [-0.4, -0.2) is 62.1 Å². The molecule has 1 heterocycles. The van der Waals surface area contributed by atoms with E-state index in [9.17, 15) is 19.2 Å². The molecule has 1 aliphatic rings. The number of piperidine rings is 1. The zero-order valence-corrected chi connectivity index (χ0v) is 20.5. The first-order chi connectivity index (χ1) is 17.4. The van der Waals surface area contributed by atoms with Crippen LogP contribution in [0.5, 0.6) is 11.5 Å². The summed E-state index contributed by atoms with van der Waals surface area (Å²) in [4.78, 5) is 51.5. The van der Waals surface area contributed by atoms with Crippen molar-refractivity contribution >= 4 is 23.8 Å². The number of hydrogen-bond donors (Lipinski definition) is 2. The average Bonchev–Trinajstić information content (AvgIpc) is 2.91. The van der Waals surface area contributed by atoms with Gasteiger partial charge in [0.1, 0.15) is 0 Å². The Hall–Kier alpha value is -4.08. The Balaban J connectivity index is 1.74. The topological polar surface area (TPSA) is 123 Å². The fourth-order valence-corrected chi connectivity index (χ4v) is 3.71.